The second kappa shape index (κ2) is 6.81. The van der Waals surface area contributed by atoms with Crippen molar-refractivity contribution in [3.05, 3.63) is 24.0 Å². The largest absolute Gasteiger partial charge is 0.492 e. The molecule has 1 aromatic heterocycles. The minimum absolute atomic E-state index is 0.110. The van der Waals surface area contributed by atoms with Crippen molar-refractivity contribution in [2.75, 3.05) is 40.3 Å². The average molecular weight is 277 g/mol. The van der Waals surface area contributed by atoms with Crippen molar-refractivity contribution < 1.29 is 9.53 Å². The lowest BCUT2D eigenvalue weighted by molar-refractivity contribution is 0.0838. The fourth-order valence-electron chi connectivity index (χ4n) is 2.55. The molecule has 0 saturated carbocycles. The van der Waals surface area contributed by atoms with E-state index in [0.29, 0.717) is 17.9 Å². The highest BCUT2D eigenvalue weighted by Crippen LogP contribution is 2.16. The fraction of sp³-hybridized carbons (Fsp3) is 0.600. The predicted molar refractivity (Wildman–Crippen MR) is 78.3 cm³/mol. The van der Waals surface area contributed by atoms with E-state index in [1.54, 1.807) is 18.5 Å². The first-order valence-electron chi connectivity index (χ1n) is 7.12. The van der Waals surface area contributed by atoms with E-state index in [1.165, 1.54) is 0 Å². The SMILES string of the molecule is CCOc1cncc(C(=O)C2CN(C)CCCN2C)c1. The molecular weight excluding hydrogens is 254 g/mol. The molecule has 0 spiro atoms. The van der Waals surface area contributed by atoms with Crippen LogP contribution in [0.4, 0.5) is 0 Å². The monoisotopic (exact) mass is 277 g/mol. The number of hydrogen-bond donors (Lipinski definition) is 0. The Morgan fingerprint density at radius 2 is 2.20 bits per heavy atom. The first-order valence-corrected chi connectivity index (χ1v) is 7.12. The molecule has 0 radical (unpaired) electrons. The van der Waals surface area contributed by atoms with Gasteiger partial charge in [-0.15, -0.1) is 0 Å². The molecule has 1 aliphatic heterocycles. The van der Waals surface area contributed by atoms with E-state index in [1.807, 2.05) is 14.0 Å². The molecule has 1 unspecified atom stereocenters. The molecule has 1 fully saturated rings. The van der Waals surface area contributed by atoms with Gasteiger partial charge in [0.15, 0.2) is 5.78 Å². The third-order valence-electron chi connectivity index (χ3n) is 3.68. The highest BCUT2D eigenvalue weighted by molar-refractivity contribution is 6.00. The minimum Gasteiger partial charge on any atom is -0.492 e. The number of rotatable bonds is 4. The molecule has 0 N–H and O–H groups in total. The molecule has 1 aliphatic rings. The second-order valence-corrected chi connectivity index (χ2v) is 5.32. The number of ether oxygens (including phenoxy) is 1. The number of carbonyl (C=O) groups excluding carboxylic acids is 1. The summed E-state index contributed by atoms with van der Waals surface area (Å²) in [5, 5.41) is 0. The number of pyridine rings is 1. The van der Waals surface area contributed by atoms with Crippen LogP contribution in [0.3, 0.4) is 0 Å². The summed E-state index contributed by atoms with van der Waals surface area (Å²) in [7, 11) is 4.08. The number of Topliss-reactive ketones (excluding diaryl/α,β-unsaturated/α-hetero) is 1. The topological polar surface area (TPSA) is 45.7 Å². The molecular formula is C15H23N3O2. The highest BCUT2D eigenvalue weighted by Gasteiger charge is 2.28. The first kappa shape index (κ1) is 14.9. The molecule has 5 heteroatoms. The Morgan fingerprint density at radius 3 is 2.95 bits per heavy atom. The molecule has 110 valence electrons. The van der Waals surface area contributed by atoms with Crippen LogP contribution < -0.4 is 4.74 Å². The van der Waals surface area contributed by atoms with Gasteiger partial charge in [-0.05, 0) is 46.6 Å². The summed E-state index contributed by atoms with van der Waals surface area (Å²) in [6.45, 7) is 5.23. The van der Waals surface area contributed by atoms with E-state index >= 15 is 0 Å². The molecule has 1 atom stereocenters. The van der Waals surface area contributed by atoms with Gasteiger partial charge in [-0.25, -0.2) is 0 Å². The number of likely N-dealkylation sites (N-methyl/N-ethyl adjacent to an activating group) is 2. The fourth-order valence-corrected chi connectivity index (χ4v) is 2.55. The smallest absolute Gasteiger partial charge is 0.182 e. The molecule has 1 saturated heterocycles. The Bertz CT molecular complexity index is 464. The van der Waals surface area contributed by atoms with E-state index in [0.717, 1.165) is 26.1 Å². The van der Waals surface area contributed by atoms with Gasteiger partial charge in [0.2, 0.25) is 0 Å². The third-order valence-corrected chi connectivity index (χ3v) is 3.68. The van der Waals surface area contributed by atoms with Gasteiger partial charge in [0.25, 0.3) is 0 Å². The van der Waals surface area contributed by atoms with Crippen molar-refractivity contribution >= 4 is 5.78 Å². The zero-order valence-corrected chi connectivity index (χ0v) is 12.5. The molecule has 0 amide bonds. The van der Waals surface area contributed by atoms with Crippen LogP contribution in [0.5, 0.6) is 5.75 Å². The lowest BCUT2D eigenvalue weighted by atomic mass is 10.0. The number of hydrogen-bond acceptors (Lipinski definition) is 5. The predicted octanol–water partition coefficient (Wildman–Crippen LogP) is 1.30. The lowest BCUT2D eigenvalue weighted by Crippen LogP contribution is -2.43. The number of nitrogens with zero attached hydrogens (tertiary/aromatic N) is 3. The van der Waals surface area contributed by atoms with Gasteiger partial charge in [-0.1, -0.05) is 0 Å². The van der Waals surface area contributed by atoms with Crippen molar-refractivity contribution in [2.24, 2.45) is 0 Å². The summed E-state index contributed by atoms with van der Waals surface area (Å²) >= 11 is 0. The van der Waals surface area contributed by atoms with Crippen molar-refractivity contribution in [1.82, 2.24) is 14.8 Å². The van der Waals surface area contributed by atoms with Gasteiger partial charge in [0.1, 0.15) is 5.75 Å². The average Bonchev–Trinajstić information content (AvgIpc) is 2.60. The maximum atomic E-state index is 12.7. The van der Waals surface area contributed by atoms with E-state index < -0.39 is 0 Å². The Labute approximate surface area is 120 Å². The Morgan fingerprint density at radius 1 is 1.40 bits per heavy atom. The summed E-state index contributed by atoms with van der Waals surface area (Å²) in [4.78, 5) is 21.2. The summed E-state index contributed by atoms with van der Waals surface area (Å²) < 4.78 is 5.42. The zero-order valence-electron chi connectivity index (χ0n) is 12.5. The summed E-state index contributed by atoms with van der Waals surface area (Å²) in [5.41, 5.74) is 0.628. The van der Waals surface area contributed by atoms with Gasteiger partial charge < -0.3 is 9.64 Å². The van der Waals surface area contributed by atoms with E-state index in [4.69, 9.17) is 4.74 Å². The highest BCUT2D eigenvalue weighted by atomic mass is 16.5. The molecule has 0 bridgehead atoms. The van der Waals surface area contributed by atoms with E-state index in [9.17, 15) is 4.79 Å². The molecule has 5 nitrogen and oxygen atoms in total. The normalized spacial score (nSPS) is 21.4. The standard InChI is InChI=1S/C15H23N3O2/c1-4-20-13-8-12(9-16-10-13)15(19)14-11-17(2)6-5-7-18(14)3/h8-10,14H,4-7,11H2,1-3H3. The summed E-state index contributed by atoms with van der Waals surface area (Å²) in [6.07, 6.45) is 4.36. The van der Waals surface area contributed by atoms with Gasteiger partial charge in [-0.3, -0.25) is 14.7 Å². The van der Waals surface area contributed by atoms with E-state index in [-0.39, 0.29) is 11.8 Å². The molecule has 2 heterocycles. The number of aromatic nitrogens is 1. The Kier molecular flexibility index (Phi) is 5.09. The van der Waals surface area contributed by atoms with Gasteiger partial charge in [0.05, 0.1) is 18.8 Å². The van der Waals surface area contributed by atoms with Crippen molar-refractivity contribution in [3.8, 4) is 5.75 Å². The van der Waals surface area contributed by atoms with Crippen LogP contribution in [-0.2, 0) is 0 Å². The first-order chi connectivity index (χ1) is 9.61. The maximum Gasteiger partial charge on any atom is 0.182 e. The van der Waals surface area contributed by atoms with Crippen LogP contribution in [0.1, 0.15) is 23.7 Å². The van der Waals surface area contributed by atoms with Gasteiger partial charge in [0, 0.05) is 18.3 Å². The Balaban J connectivity index is 2.18. The maximum absolute atomic E-state index is 12.7. The van der Waals surface area contributed by atoms with E-state index in [2.05, 4.69) is 21.8 Å². The van der Waals surface area contributed by atoms with Crippen LogP contribution in [0.15, 0.2) is 18.5 Å². The van der Waals surface area contributed by atoms with Crippen molar-refractivity contribution in [1.29, 1.82) is 0 Å². The second-order valence-electron chi connectivity index (χ2n) is 5.32. The van der Waals surface area contributed by atoms with Gasteiger partial charge in [-0.2, -0.15) is 0 Å². The molecule has 20 heavy (non-hydrogen) atoms. The van der Waals surface area contributed by atoms with Crippen LogP contribution in [0.25, 0.3) is 0 Å². The van der Waals surface area contributed by atoms with Crippen LogP contribution in [0.2, 0.25) is 0 Å². The zero-order chi connectivity index (χ0) is 14.5. The van der Waals surface area contributed by atoms with Gasteiger partial charge >= 0.3 is 0 Å². The summed E-state index contributed by atoms with van der Waals surface area (Å²) in [5.74, 6) is 0.776. The molecule has 0 aliphatic carbocycles. The molecule has 0 aromatic carbocycles. The molecule has 2 rings (SSSR count). The quantitative estimate of drug-likeness (QED) is 0.776. The Hall–Kier alpha value is -1.46. The van der Waals surface area contributed by atoms with Crippen molar-refractivity contribution in [2.45, 2.75) is 19.4 Å². The minimum atomic E-state index is -0.110. The van der Waals surface area contributed by atoms with Crippen LogP contribution >= 0.6 is 0 Å². The lowest BCUT2D eigenvalue weighted by Gasteiger charge is -2.26. The third kappa shape index (κ3) is 3.55. The van der Waals surface area contributed by atoms with Crippen LogP contribution in [-0.4, -0.2) is 66.9 Å². The number of ketones is 1. The molecule has 1 aromatic rings. The van der Waals surface area contributed by atoms with Crippen molar-refractivity contribution in [3.63, 3.8) is 0 Å². The number of carbonyl (C=O) groups is 1. The summed E-state index contributed by atoms with van der Waals surface area (Å²) in [6, 6.07) is 1.68. The van der Waals surface area contributed by atoms with Crippen LogP contribution in [0, 0.1) is 0 Å².